The van der Waals surface area contributed by atoms with Crippen LogP contribution in [0.2, 0.25) is 0 Å². The number of hydrogen-bond donors (Lipinski definition) is 4. The van der Waals surface area contributed by atoms with E-state index in [0.29, 0.717) is 25.7 Å². The predicted octanol–water partition coefficient (Wildman–Crippen LogP) is 5.91. The van der Waals surface area contributed by atoms with Gasteiger partial charge in [0.2, 0.25) is 0 Å². The number of benzene rings is 2. The van der Waals surface area contributed by atoms with Gasteiger partial charge < -0.3 is 26.4 Å². The minimum Gasteiger partial charge on any atom is -0.381 e. The highest BCUT2D eigenvalue weighted by molar-refractivity contribution is 5.92. The third-order valence-corrected chi connectivity index (χ3v) is 9.31. The summed E-state index contributed by atoms with van der Waals surface area (Å²) in [5.74, 6) is 0. The second-order valence-corrected chi connectivity index (χ2v) is 12.7. The molecule has 48 heavy (non-hydrogen) atoms. The van der Waals surface area contributed by atoms with Crippen molar-refractivity contribution in [2.45, 2.75) is 85.2 Å². The molecule has 0 radical (unpaired) electrons. The van der Waals surface area contributed by atoms with Gasteiger partial charge in [0.15, 0.2) is 5.65 Å². The number of amides is 2. The predicted molar refractivity (Wildman–Crippen MR) is 195 cm³/mol. The number of hydrogen-bond acceptors (Lipinski definition) is 7. The quantitative estimate of drug-likeness (QED) is 0.118. The number of urea groups is 1. The Morgan fingerprint density at radius 1 is 1.15 bits per heavy atom. The average molecular weight is 653 g/mol. The van der Waals surface area contributed by atoms with Crippen molar-refractivity contribution in [1.82, 2.24) is 30.3 Å². The third-order valence-electron chi connectivity index (χ3n) is 9.31. The van der Waals surface area contributed by atoms with Crippen molar-refractivity contribution >= 4 is 22.8 Å². The van der Waals surface area contributed by atoms with E-state index in [2.05, 4.69) is 103 Å². The fraction of sp³-hybridized carbons (Fsp3) is 0.447. The van der Waals surface area contributed by atoms with E-state index in [9.17, 15) is 4.79 Å². The molecule has 2 aromatic carbocycles. The number of carbonyl (C=O) groups is 1. The molecule has 1 aliphatic heterocycles. The van der Waals surface area contributed by atoms with Gasteiger partial charge in [0.1, 0.15) is 0 Å². The normalized spacial score (nSPS) is 14.3. The van der Waals surface area contributed by atoms with Gasteiger partial charge >= 0.3 is 6.03 Å². The standard InChI is InChI=1S/C38H52N8O2/c1-6-16-45(27(5)21-39)25-29-10-9-11-30(19-29)32-20-28(13-12-26(32)4)22-40-38(47)41-23-33-35(7-2)44-37-34(24-42-46(37)8-3)36(33)43-31-14-17-48-18-15-31/h6,9-13,19-20,24,27,31H,1,7-8,14-18,21-23,25,39H2,2-5H3,(H,43,44)(H2,40,41,47). The summed E-state index contributed by atoms with van der Waals surface area (Å²) in [7, 11) is 0. The Hall–Kier alpha value is -4.25. The number of carbonyl (C=O) groups excluding carboxylic acids is 1. The summed E-state index contributed by atoms with van der Waals surface area (Å²) in [5.41, 5.74) is 15.6. The number of aryl methyl sites for hydroxylation is 3. The van der Waals surface area contributed by atoms with Gasteiger partial charge in [-0.1, -0.05) is 43.3 Å². The highest BCUT2D eigenvalue weighted by Gasteiger charge is 2.22. The molecular formula is C38H52N8O2. The van der Waals surface area contributed by atoms with E-state index in [1.807, 2.05) is 17.0 Å². The van der Waals surface area contributed by atoms with E-state index >= 15 is 0 Å². The first-order valence-corrected chi connectivity index (χ1v) is 17.3. The molecule has 0 spiro atoms. The maximum absolute atomic E-state index is 13.2. The molecular weight excluding hydrogens is 600 g/mol. The van der Waals surface area contributed by atoms with Gasteiger partial charge in [0.25, 0.3) is 0 Å². The zero-order valence-corrected chi connectivity index (χ0v) is 29.0. The number of aromatic nitrogens is 3. The zero-order chi connectivity index (χ0) is 34.0. The molecule has 10 heteroatoms. The van der Waals surface area contributed by atoms with Crippen LogP contribution in [0.1, 0.15) is 61.6 Å². The molecule has 2 aromatic heterocycles. The first kappa shape index (κ1) is 35.1. The summed E-state index contributed by atoms with van der Waals surface area (Å²) < 4.78 is 7.53. The Morgan fingerprint density at radius 2 is 1.94 bits per heavy atom. The Kier molecular flexibility index (Phi) is 12.2. The van der Waals surface area contributed by atoms with E-state index in [-0.39, 0.29) is 12.1 Å². The Morgan fingerprint density at radius 3 is 2.67 bits per heavy atom. The van der Waals surface area contributed by atoms with Crippen molar-refractivity contribution < 1.29 is 9.53 Å². The van der Waals surface area contributed by atoms with Crippen molar-refractivity contribution in [2.24, 2.45) is 5.73 Å². The lowest BCUT2D eigenvalue weighted by Gasteiger charge is -2.27. The van der Waals surface area contributed by atoms with Crippen molar-refractivity contribution in [3.05, 3.63) is 89.3 Å². The van der Waals surface area contributed by atoms with Crippen LogP contribution in [0.15, 0.2) is 61.3 Å². The summed E-state index contributed by atoms with van der Waals surface area (Å²) >= 11 is 0. The van der Waals surface area contributed by atoms with Crippen LogP contribution in [0.25, 0.3) is 22.2 Å². The lowest BCUT2D eigenvalue weighted by Crippen LogP contribution is -2.38. The molecule has 10 nitrogen and oxygen atoms in total. The molecule has 2 amide bonds. The molecule has 5 rings (SSSR count). The van der Waals surface area contributed by atoms with E-state index in [1.165, 1.54) is 11.1 Å². The van der Waals surface area contributed by atoms with E-state index in [1.54, 1.807) is 0 Å². The number of nitrogens with zero attached hydrogens (tertiary/aromatic N) is 4. The minimum atomic E-state index is -0.223. The van der Waals surface area contributed by atoms with Gasteiger partial charge in [0.05, 0.1) is 17.3 Å². The number of fused-ring (bicyclic) bond motifs is 1. The Bertz CT molecular complexity index is 1690. The third kappa shape index (κ3) is 8.42. The van der Waals surface area contributed by atoms with Crippen LogP contribution in [-0.2, 0) is 37.3 Å². The van der Waals surface area contributed by atoms with Crippen LogP contribution in [-0.4, -0.2) is 64.1 Å². The van der Waals surface area contributed by atoms with Gasteiger partial charge in [-0.05, 0) is 80.0 Å². The van der Waals surface area contributed by atoms with Crippen LogP contribution in [0.4, 0.5) is 10.5 Å². The van der Waals surface area contributed by atoms with Crippen LogP contribution in [0.3, 0.4) is 0 Å². The minimum absolute atomic E-state index is 0.223. The fourth-order valence-corrected chi connectivity index (χ4v) is 6.39. The summed E-state index contributed by atoms with van der Waals surface area (Å²) in [6.45, 7) is 17.5. The number of nitrogens with one attached hydrogen (secondary N) is 3. The first-order valence-electron chi connectivity index (χ1n) is 17.3. The topological polar surface area (TPSA) is 122 Å². The maximum Gasteiger partial charge on any atom is 0.315 e. The number of ether oxygens (including phenoxy) is 1. The summed E-state index contributed by atoms with van der Waals surface area (Å²) in [6, 6.07) is 15.4. The van der Waals surface area contributed by atoms with Gasteiger partial charge in [-0.2, -0.15) is 5.10 Å². The summed E-state index contributed by atoms with van der Waals surface area (Å²) in [5, 5.41) is 15.5. The van der Waals surface area contributed by atoms with Crippen LogP contribution >= 0.6 is 0 Å². The monoisotopic (exact) mass is 652 g/mol. The SMILES string of the molecule is C=CCN(Cc1cccc(-c2cc(CNC(=O)NCc3c(CC)nc4c(cnn4CC)c3NC3CCOCC3)ccc2C)c1)C(C)CN. The molecule has 3 heterocycles. The molecule has 1 fully saturated rings. The molecule has 1 atom stereocenters. The van der Waals surface area contributed by atoms with Gasteiger partial charge in [-0.25, -0.2) is 14.5 Å². The molecule has 1 aliphatic rings. The second-order valence-electron chi connectivity index (χ2n) is 12.7. The molecule has 0 saturated carbocycles. The highest BCUT2D eigenvalue weighted by atomic mass is 16.5. The van der Waals surface area contributed by atoms with E-state index in [4.69, 9.17) is 15.5 Å². The van der Waals surface area contributed by atoms with E-state index < -0.39 is 0 Å². The summed E-state index contributed by atoms with van der Waals surface area (Å²) in [6.07, 6.45) is 6.43. The zero-order valence-electron chi connectivity index (χ0n) is 29.0. The number of rotatable bonds is 15. The number of pyridine rings is 1. The average Bonchev–Trinajstić information content (AvgIpc) is 3.53. The van der Waals surface area contributed by atoms with Gasteiger partial charge in [-0.15, -0.1) is 6.58 Å². The van der Waals surface area contributed by atoms with Crippen LogP contribution < -0.4 is 21.7 Å². The molecule has 4 aromatic rings. The first-order chi connectivity index (χ1) is 23.3. The highest BCUT2D eigenvalue weighted by Crippen LogP contribution is 2.31. The fourth-order valence-electron chi connectivity index (χ4n) is 6.39. The molecule has 0 bridgehead atoms. The molecule has 0 aliphatic carbocycles. The van der Waals surface area contributed by atoms with Gasteiger partial charge in [0, 0.05) is 75.8 Å². The smallest absolute Gasteiger partial charge is 0.315 e. The Balaban J connectivity index is 1.28. The maximum atomic E-state index is 13.2. The Labute approximate surface area is 285 Å². The number of anilines is 1. The summed E-state index contributed by atoms with van der Waals surface area (Å²) in [4.78, 5) is 20.5. The molecule has 1 unspecified atom stereocenters. The lowest BCUT2D eigenvalue weighted by atomic mass is 9.96. The van der Waals surface area contributed by atoms with Crippen LogP contribution in [0.5, 0.6) is 0 Å². The lowest BCUT2D eigenvalue weighted by molar-refractivity contribution is 0.0904. The van der Waals surface area contributed by atoms with Crippen molar-refractivity contribution in [3.63, 3.8) is 0 Å². The van der Waals surface area contributed by atoms with Crippen molar-refractivity contribution in [1.29, 1.82) is 0 Å². The molecule has 5 N–H and O–H groups in total. The molecule has 1 saturated heterocycles. The van der Waals surface area contributed by atoms with Crippen molar-refractivity contribution in [3.8, 4) is 11.1 Å². The largest absolute Gasteiger partial charge is 0.381 e. The van der Waals surface area contributed by atoms with E-state index in [0.717, 1.165) is 96.8 Å². The number of nitrogens with two attached hydrogens (primary N) is 1. The van der Waals surface area contributed by atoms with Crippen molar-refractivity contribution in [2.75, 3.05) is 31.6 Å². The van der Waals surface area contributed by atoms with Crippen LogP contribution in [0, 0.1) is 6.92 Å². The second kappa shape index (κ2) is 16.7. The molecule has 256 valence electrons. The van der Waals surface area contributed by atoms with Gasteiger partial charge in [-0.3, -0.25) is 4.90 Å².